The predicted molar refractivity (Wildman–Crippen MR) is 69.4 cm³/mol. The van der Waals surface area contributed by atoms with Crippen LogP contribution in [0.5, 0.6) is 0 Å². The zero-order chi connectivity index (χ0) is 10.7. The molecule has 1 atom stereocenters. The molecule has 2 nitrogen and oxygen atoms in total. The molecule has 1 aliphatic heterocycles. The van der Waals surface area contributed by atoms with Gasteiger partial charge in [-0.15, -0.1) is 11.3 Å². The average molecular weight is 289 g/mol. The maximum Gasteiger partial charge on any atom is 0.0701 e. The van der Waals surface area contributed by atoms with Gasteiger partial charge in [-0.2, -0.15) is 0 Å². The summed E-state index contributed by atoms with van der Waals surface area (Å²) in [5.41, 5.74) is 1.43. The molecule has 1 N–H and O–H groups in total. The van der Waals surface area contributed by atoms with Gasteiger partial charge in [-0.25, -0.2) is 0 Å². The average Bonchev–Trinajstić information content (AvgIpc) is 2.64. The zero-order valence-corrected chi connectivity index (χ0v) is 11.4. The SMILES string of the molecule is CNC1CCCN(Cc2csc(Br)c2)C1. The minimum absolute atomic E-state index is 0.681. The van der Waals surface area contributed by atoms with Crippen molar-refractivity contribution in [1.29, 1.82) is 0 Å². The molecule has 1 aromatic rings. The van der Waals surface area contributed by atoms with E-state index >= 15 is 0 Å². The Hall–Kier alpha value is 0.100. The van der Waals surface area contributed by atoms with E-state index in [1.165, 1.54) is 35.3 Å². The quantitative estimate of drug-likeness (QED) is 0.920. The second kappa shape index (κ2) is 5.43. The molecule has 0 radical (unpaired) electrons. The van der Waals surface area contributed by atoms with E-state index in [4.69, 9.17) is 0 Å². The maximum absolute atomic E-state index is 3.51. The van der Waals surface area contributed by atoms with E-state index in [1.54, 1.807) is 11.3 Å². The normalized spacial score (nSPS) is 23.2. The third kappa shape index (κ3) is 3.28. The van der Waals surface area contributed by atoms with Crippen molar-refractivity contribution >= 4 is 27.3 Å². The minimum Gasteiger partial charge on any atom is -0.316 e. The molecule has 1 saturated heterocycles. The molecule has 0 aliphatic carbocycles. The first-order chi connectivity index (χ1) is 7.28. The number of likely N-dealkylation sites (tertiary alicyclic amines) is 1. The minimum atomic E-state index is 0.681. The number of halogens is 1. The summed E-state index contributed by atoms with van der Waals surface area (Å²) in [4.78, 5) is 2.54. The van der Waals surface area contributed by atoms with Crippen molar-refractivity contribution in [3.8, 4) is 0 Å². The van der Waals surface area contributed by atoms with Gasteiger partial charge in [-0.1, -0.05) is 0 Å². The van der Waals surface area contributed by atoms with Gasteiger partial charge in [0.2, 0.25) is 0 Å². The maximum atomic E-state index is 3.51. The van der Waals surface area contributed by atoms with Crippen LogP contribution in [0, 0.1) is 0 Å². The number of rotatable bonds is 3. The number of likely N-dealkylation sites (N-methyl/N-ethyl adjacent to an activating group) is 1. The molecule has 4 heteroatoms. The third-order valence-electron chi connectivity index (χ3n) is 2.94. The Labute approximate surface area is 104 Å². The number of nitrogens with zero attached hydrogens (tertiary/aromatic N) is 1. The van der Waals surface area contributed by atoms with Gasteiger partial charge in [0.15, 0.2) is 0 Å². The lowest BCUT2D eigenvalue weighted by Gasteiger charge is -2.32. The molecule has 1 aliphatic rings. The van der Waals surface area contributed by atoms with E-state index in [0.29, 0.717) is 6.04 Å². The summed E-state index contributed by atoms with van der Waals surface area (Å²) in [6.45, 7) is 3.52. The number of hydrogen-bond acceptors (Lipinski definition) is 3. The highest BCUT2D eigenvalue weighted by molar-refractivity contribution is 9.11. The summed E-state index contributed by atoms with van der Waals surface area (Å²) in [6.07, 6.45) is 2.64. The summed E-state index contributed by atoms with van der Waals surface area (Å²) < 4.78 is 1.24. The molecule has 0 amide bonds. The van der Waals surface area contributed by atoms with Gasteiger partial charge < -0.3 is 5.32 Å². The van der Waals surface area contributed by atoms with Crippen LogP contribution in [0.1, 0.15) is 18.4 Å². The van der Waals surface area contributed by atoms with Crippen molar-refractivity contribution in [3.63, 3.8) is 0 Å². The number of piperidine rings is 1. The molecule has 2 rings (SSSR count). The van der Waals surface area contributed by atoms with Crippen LogP contribution in [-0.2, 0) is 6.54 Å². The second-order valence-electron chi connectivity index (χ2n) is 4.12. The monoisotopic (exact) mass is 288 g/mol. The molecule has 15 heavy (non-hydrogen) atoms. The van der Waals surface area contributed by atoms with Crippen LogP contribution in [-0.4, -0.2) is 31.1 Å². The molecular formula is C11H17BrN2S. The summed E-state index contributed by atoms with van der Waals surface area (Å²) in [6, 6.07) is 2.91. The van der Waals surface area contributed by atoms with Gasteiger partial charge >= 0.3 is 0 Å². The van der Waals surface area contributed by atoms with Gasteiger partial charge in [-0.05, 0) is 59.4 Å². The Balaban J connectivity index is 1.88. The Bertz CT molecular complexity index is 313. The van der Waals surface area contributed by atoms with E-state index in [-0.39, 0.29) is 0 Å². The van der Waals surface area contributed by atoms with E-state index in [1.807, 2.05) is 0 Å². The fourth-order valence-electron chi connectivity index (χ4n) is 2.12. The largest absolute Gasteiger partial charge is 0.316 e. The van der Waals surface area contributed by atoms with Gasteiger partial charge in [0.25, 0.3) is 0 Å². The fourth-order valence-corrected chi connectivity index (χ4v) is 3.32. The molecule has 84 valence electrons. The fraction of sp³-hybridized carbons (Fsp3) is 0.636. The van der Waals surface area contributed by atoms with Crippen LogP contribution in [0.2, 0.25) is 0 Å². The Morgan fingerprint density at radius 3 is 3.20 bits per heavy atom. The topological polar surface area (TPSA) is 15.3 Å². The molecule has 0 bridgehead atoms. The predicted octanol–water partition coefficient (Wildman–Crippen LogP) is 2.69. The van der Waals surface area contributed by atoms with E-state index in [0.717, 1.165) is 6.54 Å². The molecule has 1 fully saturated rings. The molecular weight excluding hydrogens is 272 g/mol. The van der Waals surface area contributed by atoms with Gasteiger partial charge in [0.1, 0.15) is 0 Å². The molecule has 1 aromatic heterocycles. The standard InChI is InChI=1S/C11H17BrN2S/c1-13-10-3-2-4-14(7-10)6-9-5-11(12)15-8-9/h5,8,10,13H,2-4,6-7H2,1H3. The highest BCUT2D eigenvalue weighted by Gasteiger charge is 2.18. The van der Waals surface area contributed by atoms with Crippen molar-refractivity contribution in [3.05, 3.63) is 20.8 Å². The first-order valence-corrected chi connectivity index (χ1v) is 7.07. The highest BCUT2D eigenvalue weighted by Crippen LogP contribution is 2.22. The highest BCUT2D eigenvalue weighted by atomic mass is 79.9. The first kappa shape index (κ1) is 11.6. The Morgan fingerprint density at radius 2 is 2.53 bits per heavy atom. The van der Waals surface area contributed by atoms with Crippen LogP contribution in [0.15, 0.2) is 15.2 Å². The van der Waals surface area contributed by atoms with Crippen molar-refractivity contribution in [1.82, 2.24) is 10.2 Å². The van der Waals surface area contributed by atoms with Crippen LogP contribution >= 0.6 is 27.3 Å². The number of nitrogens with one attached hydrogen (secondary N) is 1. The lowest BCUT2D eigenvalue weighted by atomic mass is 10.1. The smallest absolute Gasteiger partial charge is 0.0701 e. The molecule has 2 heterocycles. The van der Waals surface area contributed by atoms with Crippen molar-refractivity contribution in [2.75, 3.05) is 20.1 Å². The molecule has 1 unspecified atom stereocenters. The van der Waals surface area contributed by atoms with Crippen LogP contribution < -0.4 is 5.32 Å². The van der Waals surface area contributed by atoms with Crippen molar-refractivity contribution in [2.45, 2.75) is 25.4 Å². The van der Waals surface area contributed by atoms with Gasteiger partial charge in [0, 0.05) is 19.1 Å². The second-order valence-corrected chi connectivity index (χ2v) is 6.41. The van der Waals surface area contributed by atoms with Crippen molar-refractivity contribution in [2.24, 2.45) is 0 Å². The molecule has 0 spiro atoms. The van der Waals surface area contributed by atoms with E-state index in [2.05, 4.69) is 44.6 Å². The van der Waals surface area contributed by atoms with Gasteiger partial charge in [0.05, 0.1) is 3.79 Å². The van der Waals surface area contributed by atoms with Crippen molar-refractivity contribution < 1.29 is 0 Å². The summed E-state index contributed by atoms with van der Waals surface area (Å²) in [5.74, 6) is 0. The van der Waals surface area contributed by atoms with Gasteiger partial charge in [-0.3, -0.25) is 4.90 Å². The lowest BCUT2D eigenvalue weighted by Crippen LogP contribution is -2.43. The van der Waals surface area contributed by atoms with Crippen LogP contribution in [0.25, 0.3) is 0 Å². The summed E-state index contributed by atoms with van der Waals surface area (Å²) >= 11 is 5.28. The van der Waals surface area contributed by atoms with E-state index < -0.39 is 0 Å². The zero-order valence-electron chi connectivity index (χ0n) is 9.00. The summed E-state index contributed by atoms with van der Waals surface area (Å²) in [7, 11) is 2.06. The Morgan fingerprint density at radius 1 is 1.67 bits per heavy atom. The molecule has 0 aromatic carbocycles. The lowest BCUT2D eigenvalue weighted by molar-refractivity contribution is 0.188. The van der Waals surface area contributed by atoms with E-state index in [9.17, 15) is 0 Å². The first-order valence-electron chi connectivity index (χ1n) is 5.40. The number of hydrogen-bond donors (Lipinski definition) is 1. The van der Waals surface area contributed by atoms with Crippen LogP contribution in [0.4, 0.5) is 0 Å². The number of thiophene rings is 1. The van der Waals surface area contributed by atoms with Crippen LogP contribution in [0.3, 0.4) is 0 Å². The summed E-state index contributed by atoms with van der Waals surface area (Å²) in [5, 5.41) is 5.62. The molecule has 0 saturated carbocycles. The third-order valence-corrected chi connectivity index (χ3v) is 4.49. The Kier molecular flexibility index (Phi) is 4.20.